The molecule has 1 aliphatic rings. The van der Waals surface area contributed by atoms with Gasteiger partial charge < -0.3 is 9.84 Å². The highest BCUT2D eigenvalue weighted by molar-refractivity contribution is 4.77. The van der Waals surface area contributed by atoms with E-state index in [0.29, 0.717) is 11.8 Å². The topological polar surface area (TPSA) is 29.5 Å². The van der Waals surface area contributed by atoms with Crippen molar-refractivity contribution in [3.63, 3.8) is 0 Å². The molecule has 0 aliphatic carbocycles. The van der Waals surface area contributed by atoms with Crippen molar-refractivity contribution in [3.8, 4) is 0 Å². The molecular formula is C8H16O2. The molecule has 2 atom stereocenters. The van der Waals surface area contributed by atoms with E-state index in [4.69, 9.17) is 9.84 Å². The maximum Gasteiger partial charge on any atom is 0.0837 e. The summed E-state index contributed by atoms with van der Waals surface area (Å²) in [5.74, 6) is 1.21. The third-order valence-corrected chi connectivity index (χ3v) is 2.30. The molecule has 1 rings (SSSR count). The van der Waals surface area contributed by atoms with Crippen LogP contribution in [0.25, 0.3) is 0 Å². The van der Waals surface area contributed by atoms with E-state index in [1.807, 2.05) is 0 Å². The molecule has 0 aromatic carbocycles. The first kappa shape index (κ1) is 8.02. The van der Waals surface area contributed by atoms with Crippen molar-refractivity contribution in [3.05, 3.63) is 0 Å². The van der Waals surface area contributed by atoms with Crippen molar-refractivity contribution >= 4 is 0 Å². The quantitative estimate of drug-likeness (QED) is 0.627. The lowest BCUT2D eigenvalue weighted by Gasteiger charge is -2.19. The highest BCUT2D eigenvalue weighted by Crippen LogP contribution is 2.27. The summed E-state index contributed by atoms with van der Waals surface area (Å²) < 4.78 is 5.33. The minimum Gasteiger partial charge on any atom is -0.394 e. The zero-order valence-electron chi connectivity index (χ0n) is 6.71. The maximum atomic E-state index is 8.86. The second kappa shape index (κ2) is 3.35. The van der Waals surface area contributed by atoms with Gasteiger partial charge in [0.05, 0.1) is 12.7 Å². The van der Waals surface area contributed by atoms with Crippen LogP contribution < -0.4 is 0 Å². The molecule has 10 heavy (non-hydrogen) atoms. The molecule has 0 saturated carbocycles. The molecule has 2 nitrogen and oxygen atoms in total. The Balaban J connectivity index is 2.42. The normalized spacial score (nSPS) is 33.6. The molecule has 0 aromatic heterocycles. The summed E-state index contributed by atoms with van der Waals surface area (Å²) in [5, 5.41) is 8.86. The number of aliphatic hydroxyl groups is 1. The lowest BCUT2D eigenvalue weighted by atomic mass is 9.90. The van der Waals surface area contributed by atoms with Gasteiger partial charge in [-0.15, -0.1) is 0 Å². The fourth-order valence-corrected chi connectivity index (χ4v) is 1.62. The Hall–Kier alpha value is -0.0800. The predicted molar refractivity (Wildman–Crippen MR) is 39.8 cm³/mol. The largest absolute Gasteiger partial charge is 0.394 e. The molecule has 0 spiro atoms. The van der Waals surface area contributed by atoms with Gasteiger partial charge in [-0.3, -0.25) is 0 Å². The Bertz CT molecular complexity index is 101. The van der Waals surface area contributed by atoms with Gasteiger partial charge in [-0.1, -0.05) is 13.8 Å². The molecule has 60 valence electrons. The first-order valence-electron chi connectivity index (χ1n) is 3.98. The van der Waals surface area contributed by atoms with Gasteiger partial charge in [0.15, 0.2) is 0 Å². The SMILES string of the molecule is CC(C)[C@H]1CCO[C@@H]1CO. The van der Waals surface area contributed by atoms with Gasteiger partial charge >= 0.3 is 0 Å². The summed E-state index contributed by atoms with van der Waals surface area (Å²) >= 11 is 0. The molecule has 1 saturated heterocycles. The Morgan fingerprint density at radius 3 is 2.70 bits per heavy atom. The van der Waals surface area contributed by atoms with Crippen LogP contribution >= 0.6 is 0 Å². The van der Waals surface area contributed by atoms with Gasteiger partial charge in [0.25, 0.3) is 0 Å². The molecule has 0 amide bonds. The summed E-state index contributed by atoms with van der Waals surface area (Å²) in [6, 6.07) is 0. The van der Waals surface area contributed by atoms with Crippen LogP contribution in [0.5, 0.6) is 0 Å². The van der Waals surface area contributed by atoms with E-state index in [1.54, 1.807) is 0 Å². The standard InChI is InChI=1S/C8H16O2/c1-6(2)7-3-4-10-8(7)5-9/h6-9H,3-5H2,1-2H3/t7-,8-/m1/s1. The highest BCUT2D eigenvalue weighted by atomic mass is 16.5. The van der Waals surface area contributed by atoms with Crippen LogP contribution in [-0.2, 0) is 4.74 Å². The van der Waals surface area contributed by atoms with Crippen molar-refractivity contribution in [2.45, 2.75) is 26.4 Å². The van der Waals surface area contributed by atoms with Crippen molar-refractivity contribution in [1.82, 2.24) is 0 Å². The average molecular weight is 144 g/mol. The smallest absolute Gasteiger partial charge is 0.0837 e. The van der Waals surface area contributed by atoms with Gasteiger partial charge in [-0.25, -0.2) is 0 Å². The molecule has 1 aliphatic heterocycles. The molecule has 2 heteroatoms. The Morgan fingerprint density at radius 2 is 2.30 bits per heavy atom. The fraction of sp³-hybridized carbons (Fsp3) is 1.00. The summed E-state index contributed by atoms with van der Waals surface area (Å²) in [4.78, 5) is 0. The van der Waals surface area contributed by atoms with Crippen molar-refractivity contribution < 1.29 is 9.84 Å². The fourth-order valence-electron chi connectivity index (χ4n) is 1.62. The zero-order valence-corrected chi connectivity index (χ0v) is 6.71. The Kier molecular flexibility index (Phi) is 2.69. The number of hydrogen-bond donors (Lipinski definition) is 1. The summed E-state index contributed by atoms with van der Waals surface area (Å²) in [5.41, 5.74) is 0. The number of aliphatic hydroxyl groups excluding tert-OH is 1. The van der Waals surface area contributed by atoms with Crippen LogP contribution in [0.2, 0.25) is 0 Å². The van der Waals surface area contributed by atoms with Crippen LogP contribution in [0.3, 0.4) is 0 Å². The summed E-state index contributed by atoms with van der Waals surface area (Å²) in [6.45, 7) is 5.38. The number of hydrogen-bond acceptors (Lipinski definition) is 2. The van der Waals surface area contributed by atoms with Gasteiger partial charge in [0, 0.05) is 6.61 Å². The number of rotatable bonds is 2. The molecule has 0 bridgehead atoms. The maximum absolute atomic E-state index is 8.86. The van der Waals surface area contributed by atoms with Crippen LogP contribution in [0.15, 0.2) is 0 Å². The molecule has 1 N–H and O–H groups in total. The first-order valence-corrected chi connectivity index (χ1v) is 3.98. The lowest BCUT2D eigenvalue weighted by Crippen LogP contribution is -2.24. The molecule has 1 fully saturated rings. The second-order valence-electron chi connectivity index (χ2n) is 3.29. The van der Waals surface area contributed by atoms with E-state index < -0.39 is 0 Å². The van der Waals surface area contributed by atoms with E-state index in [-0.39, 0.29) is 12.7 Å². The highest BCUT2D eigenvalue weighted by Gasteiger charge is 2.29. The van der Waals surface area contributed by atoms with E-state index in [0.717, 1.165) is 13.0 Å². The number of ether oxygens (including phenoxy) is 1. The second-order valence-corrected chi connectivity index (χ2v) is 3.29. The average Bonchev–Trinajstić information content (AvgIpc) is 2.33. The molecular weight excluding hydrogens is 128 g/mol. The van der Waals surface area contributed by atoms with Gasteiger partial charge in [0.2, 0.25) is 0 Å². The van der Waals surface area contributed by atoms with Crippen molar-refractivity contribution in [1.29, 1.82) is 0 Å². The molecule has 0 unspecified atom stereocenters. The summed E-state index contributed by atoms with van der Waals surface area (Å²) in [6.07, 6.45) is 1.23. The Labute approximate surface area is 62.2 Å². The van der Waals surface area contributed by atoms with Crippen LogP contribution in [0.4, 0.5) is 0 Å². The van der Waals surface area contributed by atoms with Crippen molar-refractivity contribution in [2.75, 3.05) is 13.2 Å². The first-order chi connectivity index (χ1) is 4.75. The van der Waals surface area contributed by atoms with Crippen LogP contribution in [-0.4, -0.2) is 24.4 Å². The minimum atomic E-state index is 0.111. The van der Waals surface area contributed by atoms with E-state index in [1.165, 1.54) is 0 Å². The van der Waals surface area contributed by atoms with Gasteiger partial charge in [-0.05, 0) is 18.3 Å². The van der Waals surface area contributed by atoms with Crippen molar-refractivity contribution in [2.24, 2.45) is 11.8 Å². The Morgan fingerprint density at radius 1 is 1.60 bits per heavy atom. The van der Waals surface area contributed by atoms with E-state index >= 15 is 0 Å². The summed E-state index contributed by atoms with van der Waals surface area (Å²) in [7, 11) is 0. The van der Waals surface area contributed by atoms with Crippen LogP contribution in [0.1, 0.15) is 20.3 Å². The van der Waals surface area contributed by atoms with Gasteiger partial charge in [0.1, 0.15) is 0 Å². The van der Waals surface area contributed by atoms with E-state index in [2.05, 4.69) is 13.8 Å². The monoisotopic (exact) mass is 144 g/mol. The lowest BCUT2D eigenvalue weighted by molar-refractivity contribution is 0.0307. The molecule has 0 aromatic rings. The predicted octanol–water partition coefficient (Wildman–Crippen LogP) is 1.04. The molecule has 0 radical (unpaired) electrons. The third kappa shape index (κ3) is 1.50. The minimum absolute atomic E-state index is 0.111. The molecule has 1 heterocycles. The van der Waals surface area contributed by atoms with Gasteiger partial charge in [-0.2, -0.15) is 0 Å². The van der Waals surface area contributed by atoms with E-state index in [9.17, 15) is 0 Å². The van der Waals surface area contributed by atoms with Crippen LogP contribution in [0, 0.1) is 11.8 Å². The zero-order chi connectivity index (χ0) is 7.56. The third-order valence-electron chi connectivity index (χ3n) is 2.30.